The second-order valence-corrected chi connectivity index (χ2v) is 5.35. The molecule has 0 saturated carbocycles. The average molecular weight is 262 g/mol. The van der Waals surface area contributed by atoms with Crippen molar-refractivity contribution >= 4 is 11.3 Å². The summed E-state index contributed by atoms with van der Waals surface area (Å²) in [6, 6.07) is 8.12. The van der Waals surface area contributed by atoms with Crippen molar-refractivity contribution in [2.24, 2.45) is 5.73 Å². The monoisotopic (exact) mass is 262 g/mol. The van der Waals surface area contributed by atoms with Crippen molar-refractivity contribution in [3.05, 3.63) is 45.4 Å². The first-order valence-electron chi connectivity index (χ1n) is 6.01. The number of thiazole rings is 1. The maximum Gasteiger partial charge on any atom is 0.119 e. The summed E-state index contributed by atoms with van der Waals surface area (Å²) in [7, 11) is 1.69. The lowest BCUT2D eigenvalue weighted by molar-refractivity contribution is 0.414. The van der Waals surface area contributed by atoms with E-state index in [1.165, 1.54) is 10.4 Å². The van der Waals surface area contributed by atoms with E-state index in [4.69, 9.17) is 10.5 Å². The predicted molar refractivity (Wildman–Crippen MR) is 75.4 cm³/mol. The number of benzene rings is 1. The van der Waals surface area contributed by atoms with E-state index in [2.05, 4.69) is 24.0 Å². The molecule has 0 saturated heterocycles. The SMILES string of the molecule is COc1cccc(Cc2nc(C)c(CCN)s2)c1. The summed E-state index contributed by atoms with van der Waals surface area (Å²) in [4.78, 5) is 5.90. The molecule has 0 unspecified atom stereocenters. The van der Waals surface area contributed by atoms with Gasteiger partial charge in [-0.05, 0) is 37.6 Å². The van der Waals surface area contributed by atoms with E-state index in [0.717, 1.165) is 29.3 Å². The molecule has 0 aliphatic heterocycles. The van der Waals surface area contributed by atoms with Gasteiger partial charge in [0.2, 0.25) is 0 Å². The highest BCUT2D eigenvalue weighted by atomic mass is 32.1. The quantitative estimate of drug-likeness (QED) is 0.901. The van der Waals surface area contributed by atoms with Gasteiger partial charge in [-0.25, -0.2) is 4.98 Å². The van der Waals surface area contributed by atoms with E-state index in [0.29, 0.717) is 6.54 Å². The Morgan fingerprint density at radius 1 is 1.39 bits per heavy atom. The molecule has 1 aromatic heterocycles. The van der Waals surface area contributed by atoms with Crippen molar-refractivity contribution < 1.29 is 4.74 Å². The molecule has 0 aliphatic rings. The summed E-state index contributed by atoms with van der Waals surface area (Å²) in [5, 5.41) is 1.14. The smallest absolute Gasteiger partial charge is 0.119 e. The van der Waals surface area contributed by atoms with Crippen molar-refractivity contribution in [1.29, 1.82) is 0 Å². The van der Waals surface area contributed by atoms with Crippen molar-refractivity contribution in [2.75, 3.05) is 13.7 Å². The van der Waals surface area contributed by atoms with Crippen LogP contribution in [0.1, 0.15) is 21.1 Å². The molecule has 0 aliphatic carbocycles. The van der Waals surface area contributed by atoms with E-state index in [9.17, 15) is 0 Å². The van der Waals surface area contributed by atoms with Crippen LogP contribution in [0.4, 0.5) is 0 Å². The van der Waals surface area contributed by atoms with E-state index in [-0.39, 0.29) is 0 Å². The molecule has 3 nitrogen and oxygen atoms in total. The number of hydrogen-bond donors (Lipinski definition) is 1. The molecule has 2 N–H and O–H groups in total. The van der Waals surface area contributed by atoms with E-state index < -0.39 is 0 Å². The zero-order valence-electron chi connectivity index (χ0n) is 10.8. The molecule has 2 aromatic rings. The van der Waals surface area contributed by atoms with Gasteiger partial charge in [0.15, 0.2) is 0 Å². The van der Waals surface area contributed by atoms with E-state index in [1.807, 2.05) is 12.1 Å². The Morgan fingerprint density at radius 2 is 2.22 bits per heavy atom. The van der Waals surface area contributed by atoms with Gasteiger partial charge in [0, 0.05) is 11.3 Å². The van der Waals surface area contributed by atoms with Crippen LogP contribution in [0.15, 0.2) is 24.3 Å². The molecule has 0 bridgehead atoms. The standard InChI is InChI=1S/C14H18N2OS/c1-10-13(6-7-15)18-14(16-10)9-11-4-3-5-12(8-11)17-2/h3-5,8H,6-7,9,15H2,1-2H3. The first-order valence-corrected chi connectivity index (χ1v) is 6.82. The minimum Gasteiger partial charge on any atom is -0.497 e. The molecular formula is C14H18N2OS. The van der Waals surface area contributed by atoms with Crippen LogP contribution in [0.2, 0.25) is 0 Å². The Labute approximate surface area is 112 Å². The van der Waals surface area contributed by atoms with Gasteiger partial charge in [-0.3, -0.25) is 0 Å². The van der Waals surface area contributed by atoms with Gasteiger partial charge in [0.05, 0.1) is 17.8 Å². The highest BCUT2D eigenvalue weighted by Crippen LogP contribution is 2.22. The van der Waals surface area contributed by atoms with Crippen LogP contribution in [0, 0.1) is 6.92 Å². The predicted octanol–water partition coefficient (Wildman–Crippen LogP) is 2.55. The fraction of sp³-hybridized carbons (Fsp3) is 0.357. The minimum absolute atomic E-state index is 0.682. The molecule has 1 heterocycles. The molecule has 0 amide bonds. The summed E-state index contributed by atoms with van der Waals surface area (Å²) >= 11 is 1.76. The van der Waals surface area contributed by atoms with E-state index in [1.54, 1.807) is 18.4 Å². The number of hydrogen-bond acceptors (Lipinski definition) is 4. The van der Waals surface area contributed by atoms with Gasteiger partial charge in [-0.15, -0.1) is 11.3 Å². The van der Waals surface area contributed by atoms with E-state index >= 15 is 0 Å². The molecule has 4 heteroatoms. The maximum absolute atomic E-state index is 5.59. The number of methoxy groups -OCH3 is 1. The van der Waals surface area contributed by atoms with Gasteiger partial charge in [0.1, 0.15) is 5.75 Å². The normalized spacial score (nSPS) is 10.6. The molecule has 0 fully saturated rings. The van der Waals surface area contributed by atoms with Crippen molar-refractivity contribution in [1.82, 2.24) is 4.98 Å². The zero-order valence-corrected chi connectivity index (χ0v) is 11.6. The average Bonchev–Trinajstić information content (AvgIpc) is 2.70. The van der Waals surface area contributed by atoms with Gasteiger partial charge in [0.25, 0.3) is 0 Å². The second-order valence-electron chi connectivity index (χ2n) is 4.18. The van der Waals surface area contributed by atoms with Crippen molar-refractivity contribution in [3.63, 3.8) is 0 Å². The van der Waals surface area contributed by atoms with Crippen LogP contribution in [0.3, 0.4) is 0 Å². The number of nitrogens with two attached hydrogens (primary N) is 1. The summed E-state index contributed by atoms with van der Waals surface area (Å²) in [6.45, 7) is 2.73. The fourth-order valence-electron chi connectivity index (χ4n) is 1.88. The van der Waals surface area contributed by atoms with Crippen LogP contribution in [0.25, 0.3) is 0 Å². The summed E-state index contributed by atoms with van der Waals surface area (Å²) < 4.78 is 5.23. The number of aromatic nitrogens is 1. The van der Waals surface area contributed by atoms with Gasteiger partial charge < -0.3 is 10.5 Å². The van der Waals surface area contributed by atoms with Crippen LogP contribution in [-0.2, 0) is 12.8 Å². The fourth-order valence-corrected chi connectivity index (χ4v) is 3.00. The van der Waals surface area contributed by atoms with Gasteiger partial charge in [-0.1, -0.05) is 12.1 Å². The van der Waals surface area contributed by atoms with Gasteiger partial charge >= 0.3 is 0 Å². The topological polar surface area (TPSA) is 48.1 Å². The third kappa shape index (κ3) is 3.09. The Bertz CT molecular complexity index is 522. The van der Waals surface area contributed by atoms with Crippen molar-refractivity contribution in [3.8, 4) is 5.75 Å². The lowest BCUT2D eigenvalue weighted by Gasteiger charge is -2.02. The molecule has 18 heavy (non-hydrogen) atoms. The third-order valence-corrected chi connectivity index (χ3v) is 4.02. The molecule has 0 radical (unpaired) electrons. The van der Waals surface area contributed by atoms with Crippen LogP contribution < -0.4 is 10.5 Å². The number of aryl methyl sites for hydroxylation is 1. The van der Waals surface area contributed by atoms with Crippen LogP contribution in [0.5, 0.6) is 5.75 Å². The Kier molecular flexibility index (Phi) is 4.33. The van der Waals surface area contributed by atoms with Crippen LogP contribution in [-0.4, -0.2) is 18.6 Å². The minimum atomic E-state index is 0.682. The van der Waals surface area contributed by atoms with Gasteiger partial charge in [-0.2, -0.15) is 0 Å². The molecule has 0 atom stereocenters. The van der Waals surface area contributed by atoms with Crippen molar-refractivity contribution in [2.45, 2.75) is 19.8 Å². The molecule has 2 rings (SSSR count). The first kappa shape index (κ1) is 13.1. The summed E-state index contributed by atoms with van der Waals surface area (Å²) in [5.74, 6) is 0.892. The highest BCUT2D eigenvalue weighted by molar-refractivity contribution is 7.11. The number of rotatable bonds is 5. The van der Waals surface area contributed by atoms with Crippen LogP contribution >= 0.6 is 11.3 Å². The summed E-state index contributed by atoms with van der Waals surface area (Å²) in [6.07, 6.45) is 1.77. The lowest BCUT2D eigenvalue weighted by atomic mass is 10.1. The maximum atomic E-state index is 5.59. The largest absolute Gasteiger partial charge is 0.497 e. The molecule has 0 spiro atoms. The Hall–Kier alpha value is -1.39. The summed E-state index contributed by atoms with van der Waals surface area (Å²) in [5.41, 5.74) is 7.93. The number of nitrogens with zero attached hydrogens (tertiary/aromatic N) is 1. The molecule has 96 valence electrons. The third-order valence-electron chi connectivity index (χ3n) is 2.80. The zero-order chi connectivity index (χ0) is 13.0. The molecule has 1 aromatic carbocycles. The first-order chi connectivity index (χ1) is 8.72. The Morgan fingerprint density at radius 3 is 2.94 bits per heavy atom. The Balaban J connectivity index is 2.15. The highest BCUT2D eigenvalue weighted by Gasteiger charge is 2.07. The number of ether oxygens (including phenoxy) is 1. The second kappa shape index (κ2) is 5.98. The molecular weight excluding hydrogens is 244 g/mol. The lowest BCUT2D eigenvalue weighted by Crippen LogP contribution is -2.01.